The summed E-state index contributed by atoms with van der Waals surface area (Å²) in [6.45, 7) is 13.9. The average molecular weight is 401 g/mol. The molecular formula is C24H29KN2O-2. The van der Waals surface area contributed by atoms with E-state index in [2.05, 4.69) is 40.7 Å². The third-order valence-electron chi connectivity index (χ3n) is 4.92. The van der Waals surface area contributed by atoms with Gasteiger partial charge in [-0.05, 0) is 49.5 Å². The van der Waals surface area contributed by atoms with Crippen molar-refractivity contribution >= 4 is 17.0 Å². The molecule has 3 nitrogen and oxygen atoms in total. The number of pyridine rings is 1. The summed E-state index contributed by atoms with van der Waals surface area (Å²) in [6.07, 6.45) is 7.37. The summed E-state index contributed by atoms with van der Waals surface area (Å²) in [5.41, 5.74) is 5.22. The van der Waals surface area contributed by atoms with Crippen LogP contribution in [0.1, 0.15) is 44.4 Å². The van der Waals surface area contributed by atoms with Gasteiger partial charge in [0.05, 0.1) is 0 Å². The zero-order chi connectivity index (χ0) is 18.7. The second-order valence-corrected chi connectivity index (χ2v) is 6.38. The van der Waals surface area contributed by atoms with Crippen LogP contribution < -0.4 is 56.1 Å². The van der Waals surface area contributed by atoms with Gasteiger partial charge in [0.25, 0.3) is 0 Å². The van der Waals surface area contributed by atoms with Crippen molar-refractivity contribution in [2.45, 2.75) is 39.2 Å². The van der Waals surface area contributed by atoms with Gasteiger partial charge < -0.3 is 16.7 Å². The van der Waals surface area contributed by atoms with Crippen LogP contribution in [-0.4, -0.2) is 15.7 Å². The van der Waals surface area contributed by atoms with Crippen LogP contribution in [0.5, 0.6) is 5.88 Å². The quantitative estimate of drug-likeness (QED) is 0.496. The zero-order valence-corrected chi connectivity index (χ0v) is 21.0. The van der Waals surface area contributed by atoms with Crippen molar-refractivity contribution in [1.82, 2.24) is 9.55 Å². The molecule has 2 aromatic heterocycles. The standard InChI is InChI=1S/C21H20N2O.C2H6.CH3.K/c1-4-19-14(2)18-10-8-15(12-20(18)23(19)3)16-9-11-21(22-13-16)24-17-6-5-7-17;1-2;;/h1,4,8-13,17H,2,5-7H2,3H3;1-2H3;1H3;/q-2;;-1;+1. The van der Waals surface area contributed by atoms with Gasteiger partial charge >= 0.3 is 51.4 Å². The first-order valence-electron chi connectivity index (χ1n) is 9.30. The molecule has 0 unspecified atom stereocenters. The molecule has 28 heavy (non-hydrogen) atoms. The van der Waals surface area contributed by atoms with Crippen molar-refractivity contribution in [2.75, 3.05) is 0 Å². The topological polar surface area (TPSA) is 27.1 Å². The van der Waals surface area contributed by atoms with Gasteiger partial charge in [-0.25, -0.2) is 4.98 Å². The van der Waals surface area contributed by atoms with Crippen molar-refractivity contribution in [3.8, 4) is 17.0 Å². The van der Waals surface area contributed by atoms with Crippen LogP contribution in [0.25, 0.3) is 28.1 Å². The minimum absolute atomic E-state index is 0. The summed E-state index contributed by atoms with van der Waals surface area (Å²) >= 11 is 0. The molecule has 0 aliphatic heterocycles. The van der Waals surface area contributed by atoms with E-state index < -0.39 is 0 Å². The third kappa shape index (κ3) is 4.92. The van der Waals surface area contributed by atoms with Gasteiger partial charge in [-0.2, -0.15) is 18.6 Å². The number of hydrogen-bond donors (Lipinski definition) is 0. The van der Waals surface area contributed by atoms with E-state index in [9.17, 15) is 0 Å². The molecule has 1 saturated carbocycles. The SMILES string of the molecule is CC.[CH-]=Cc1c([CH2-])c2ccc(-c3ccc(OC4CCC4)nc3)cc2n1C.[CH3-].[K+]. The van der Waals surface area contributed by atoms with Crippen LogP contribution in [-0.2, 0) is 7.05 Å². The Morgan fingerprint density at radius 3 is 2.39 bits per heavy atom. The maximum atomic E-state index is 5.82. The predicted molar refractivity (Wildman–Crippen MR) is 115 cm³/mol. The Kier molecular flexibility index (Phi) is 10.0. The van der Waals surface area contributed by atoms with Crippen molar-refractivity contribution in [3.05, 3.63) is 68.7 Å². The zero-order valence-electron chi connectivity index (χ0n) is 17.8. The molecule has 2 heterocycles. The number of hydrogen-bond acceptors (Lipinski definition) is 2. The molecule has 0 amide bonds. The molecule has 1 aliphatic carbocycles. The van der Waals surface area contributed by atoms with Gasteiger partial charge in [0.1, 0.15) is 6.10 Å². The molecule has 0 radical (unpaired) electrons. The van der Waals surface area contributed by atoms with Crippen LogP contribution in [0.3, 0.4) is 0 Å². The van der Waals surface area contributed by atoms with Gasteiger partial charge in [-0.1, -0.05) is 25.6 Å². The smallest absolute Gasteiger partial charge is 0.474 e. The number of aryl methyl sites for hydroxylation is 1. The Bertz CT molecular complexity index is 908. The Hall–Kier alpha value is -1.04. The second kappa shape index (κ2) is 11.2. The second-order valence-electron chi connectivity index (χ2n) is 6.38. The van der Waals surface area contributed by atoms with Gasteiger partial charge in [0.15, 0.2) is 0 Å². The van der Waals surface area contributed by atoms with E-state index in [1.165, 1.54) is 6.42 Å². The van der Waals surface area contributed by atoms with Crippen LogP contribution in [0.4, 0.5) is 0 Å². The molecule has 1 fully saturated rings. The Morgan fingerprint density at radius 2 is 1.86 bits per heavy atom. The molecule has 3 aromatic rings. The minimum atomic E-state index is 0. The fraction of sp³-hybridized carbons (Fsp3) is 0.292. The van der Waals surface area contributed by atoms with Gasteiger partial charge in [0.2, 0.25) is 5.88 Å². The summed E-state index contributed by atoms with van der Waals surface area (Å²) < 4.78 is 7.89. The number of fused-ring (bicyclic) bond motifs is 1. The summed E-state index contributed by atoms with van der Waals surface area (Å²) in [5.74, 6) is 0.712. The molecule has 0 spiro atoms. The average Bonchev–Trinajstić information content (AvgIpc) is 2.90. The number of benzene rings is 1. The maximum Gasteiger partial charge on any atom is 1.00 e. The van der Waals surface area contributed by atoms with E-state index in [1.807, 2.05) is 33.2 Å². The van der Waals surface area contributed by atoms with E-state index in [4.69, 9.17) is 11.3 Å². The van der Waals surface area contributed by atoms with Gasteiger partial charge in [-0.3, -0.25) is 6.58 Å². The maximum absolute atomic E-state index is 5.82. The van der Waals surface area contributed by atoms with E-state index in [-0.39, 0.29) is 58.8 Å². The summed E-state index contributed by atoms with van der Waals surface area (Å²) in [5, 5.41) is 1.12. The molecule has 0 bridgehead atoms. The Morgan fingerprint density at radius 1 is 1.18 bits per heavy atom. The summed E-state index contributed by atoms with van der Waals surface area (Å²) in [7, 11) is 2.01. The van der Waals surface area contributed by atoms with E-state index >= 15 is 0 Å². The molecular weight excluding hydrogens is 371 g/mol. The van der Waals surface area contributed by atoms with Crippen molar-refractivity contribution in [1.29, 1.82) is 0 Å². The molecule has 4 rings (SSSR count). The third-order valence-corrected chi connectivity index (χ3v) is 4.92. The number of aromatic nitrogens is 2. The first kappa shape index (κ1) is 25.0. The molecule has 0 saturated heterocycles. The summed E-state index contributed by atoms with van der Waals surface area (Å²) in [6, 6.07) is 10.4. The molecule has 1 aromatic carbocycles. The fourth-order valence-electron chi connectivity index (χ4n) is 3.21. The van der Waals surface area contributed by atoms with Crippen LogP contribution in [0.2, 0.25) is 0 Å². The van der Waals surface area contributed by atoms with Crippen molar-refractivity contribution in [2.24, 2.45) is 7.05 Å². The molecule has 1 aliphatic rings. The Balaban J connectivity index is 0.000000950. The monoisotopic (exact) mass is 400 g/mol. The normalized spacial score (nSPS) is 12.7. The molecule has 144 valence electrons. The number of rotatable bonds is 4. The van der Waals surface area contributed by atoms with Crippen LogP contribution >= 0.6 is 0 Å². The Labute approximate surface area is 212 Å². The largest absolute Gasteiger partial charge is 1.00 e. The van der Waals surface area contributed by atoms with Gasteiger partial charge in [0, 0.05) is 17.8 Å². The van der Waals surface area contributed by atoms with Gasteiger partial charge in [-0.15, -0.1) is 11.5 Å². The first-order chi connectivity index (χ1) is 12.7. The molecule has 0 N–H and O–H groups in total. The molecule has 4 heteroatoms. The van der Waals surface area contributed by atoms with E-state index in [1.54, 1.807) is 6.08 Å². The van der Waals surface area contributed by atoms with Crippen LogP contribution in [0, 0.1) is 20.9 Å². The molecule has 0 atom stereocenters. The van der Waals surface area contributed by atoms with E-state index in [0.717, 1.165) is 46.1 Å². The van der Waals surface area contributed by atoms with Crippen LogP contribution in [0.15, 0.2) is 36.5 Å². The van der Waals surface area contributed by atoms with Crippen molar-refractivity contribution in [3.63, 3.8) is 0 Å². The first-order valence-corrected chi connectivity index (χ1v) is 9.30. The number of nitrogens with zero attached hydrogens (tertiary/aromatic N) is 2. The van der Waals surface area contributed by atoms with Crippen molar-refractivity contribution < 1.29 is 56.1 Å². The summed E-state index contributed by atoms with van der Waals surface area (Å²) in [4.78, 5) is 4.45. The number of ether oxygens (including phenoxy) is 1. The predicted octanol–water partition coefficient (Wildman–Crippen LogP) is 3.28. The van der Waals surface area contributed by atoms with E-state index in [0.29, 0.717) is 12.0 Å². The fourth-order valence-corrected chi connectivity index (χ4v) is 3.21. The minimum Gasteiger partial charge on any atom is -0.474 e.